The topological polar surface area (TPSA) is 33.5 Å². The van der Waals surface area contributed by atoms with Gasteiger partial charge in [-0.05, 0) is 117 Å². The molecule has 0 aliphatic carbocycles. The number of rotatable bonds is 1. The van der Waals surface area contributed by atoms with Gasteiger partial charge in [0.25, 0.3) is 0 Å². The van der Waals surface area contributed by atoms with E-state index >= 15 is 0 Å². The normalized spacial score (nSPS) is 14.5. The summed E-state index contributed by atoms with van der Waals surface area (Å²) in [6, 6.07) is 52.5. The van der Waals surface area contributed by atoms with Crippen LogP contribution in [0.5, 0.6) is 11.5 Å². The maximum atomic E-state index is 9.49. The van der Waals surface area contributed by atoms with Crippen molar-refractivity contribution in [1.82, 2.24) is 9.55 Å². The molecule has 326 valence electrons. The maximum Gasteiger partial charge on any atom is 0.138 e. The number of anilines is 4. The molecule has 8 aromatic carbocycles. The molecule has 0 amide bonds. The minimum atomic E-state index is -0.420. The fourth-order valence-electron chi connectivity index (χ4n) is 9.78. The summed E-state index contributed by atoms with van der Waals surface area (Å²) in [5, 5.41) is 0.357. The SMILES string of the molecule is [2H]c1c2cc3c(c1[2H])c1c([2H])c([2H])c([2H])c([2H])c1n3-c1cccc(n1)-c1cccc(c1)-c1ccccc1-c1cc(C(C)(C)C)cc(-c3cccc(C(C)(C)C)c3)c1N1CN(c3cccc(c3)O2)c2ccccc21. The summed E-state index contributed by atoms with van der Waals surface area (Å²) < 4.78 is 63.0. The van der Waals surface area contributed by atoms with E-state index in [9.17, 15) is 4.11 Å². The van der Waals surface area contributed by atoms with Gasteiger partial charge >= 0.3 is 0 Å². The third-order valence-electron chi connectivity index (χ3n) is 13.3. The van der Waals surface area contributed by atoms with Gasteiger partial charge in [-0.2, -0.15) is 0 Å². The summed E-state index contributed by atoms with van der Waals surface area (Å²) in [5.41, 5.74) is 14.6. The van der Waals surface area contributed by atoms with E-state index in [4.69, 9.17) is 13.8 Å². The summed E-state index contributed by atoms with van der Waals surface area (Å²) in [5.74, 6) is 0.921. The van der Waals surface area contributed by atoms with Gasteiger partial charge in [-0.25, -0.2) is 4.98 Å². The van der Waals surface area contributed by atoms with Crippen LogP contribution in [-0.4, -0.2) is 16.2 Å². The Morgan fingerprint density at radius 1 is 0.493 bits per heavy atom. The number of fused-ring (bicyclic) bond motifs is 23. The monoisotopic (exact) mass is 874 g/mol. The minimum absolute atomic E-state index is 0.0869. The zero-order valence-corrected chi connectivity index (χ0v) is 38.4. The summed E-state index contributed by atoms with van der Waals surface area (Å²) >= 11 is 0. The number of benzene rings is 8. The lowest BCUT2D eigenvalue weighted by molar-refractivity contribution is 0.483. The number of pyridine rings is 1. The molecule has 67 heavy (non-hydrogen) atoms. The van der Waals surface area contributed by atoms with Gasteiger partial charge in [-0.15, -0.1) is 0 Å². The lowest BCUT2D eigenvalue weighted by Gasteiger charge is -2.31. The molecule has 12 rings (SSSR count). The van der Waals surface area contributed by atoms with Crippen molar-refractivity contribution in [2.24, 2.45) is 0 Å². The predicted molar refractivity (Wildman–Crippen MR) is 280 cm³/mol. The van der Waals surface area contributed by atoms with Gasteiger partial charge in [0.1, 0.15) is 24.0 Å². The van der Waals surface area contributed by atoms with Crippen molar-refractivity contribution < 1.29 is 13.0 Å². The highest BCUT2D eigenvalue weighted by atomic mass is 16.5. The minimum Gasteiger partial charge on any atom is -0.457 e. The Morgan fingerprint density at radius 3 is 1.99 bits per heavy atom. The molecule has 2 aliphatic rings. The first-order chi connectivity index (χ1) is 35.0. The van der Waals surface area contributed by atoms with Gasteiger partial charge in [0, 0.05) is 45.3 Å². The molecule has 0 saturated heterocycles. The average molecular weight is 875 g/mol. The van der Waals surface area contributed by atoms with E-state index < -0.39 is 12.1 Å². The third-order valence-corrected chi connectivity index (χ3v) is 13.3. The molecule has 0 N–H and O–H groups in total. The van der Waals surface area contributed by atoms with Crippen molar-refractivity contribution in [3.05, 3.63) is 205 Å². The highest BCUT2D eigenvalue weighted by Crippen LogP contribution is 2.53. The van der Waals surface area contributed by atoms with Crippen LogP contribution in [0, 0.1) is 0 Å². The highest BCUT2D eigenvalue weighted by molar-refractivity contribution is 6.09. The maximum absolute atomic E-state index is 9.49. The summed E-state index contributed by atoms with van der Waals surface area (Å²) in [6.45, 7) is 14.1. The number of nitrogens with zero attached hydrogens (tertiary/aromatic N) is 4. The summed E-state index contributed by atoms with van der Waals surface area (Å²) in [6.07, 6.45) is 0. The molecule has 0 fully saturated rings. The quantitative estimate of drug-likeness (QED) is 0.165. The van der Waals surface area contributed by atoms with Crippen molar-refractivity contribution >= 4 is 44.6 Å². The first kappa shape index (κ1) is 34.5. The number of hydrogen-bond acceptors (Lipinski definition) is 4. The van der Waals surface area contributed by atoms with Gasteiger partial charge in [0.05, 0.1) is 42.0 Å². The van der Waals surface area contributed by atoms with Crippen molar-refractivity contribution in [3.63, 3.8) is 0 Å². The highest BCUT2D eigenvalue weighted by Gasteiger charge is 2.33. The lowest BCUT2D eigenvalue weighted by Crippen LogP contribution is -2.25. The number of hydrogen-bond donors (Lipinski definition) is 0. The zero-order chi connectivity index (χ0) is 50.8. The lowest BCUT2D eigenvalue weighted by atomic mass is 9.80. The Morgan fingerprint density at radius 2 is 1.16 bits per heavy atom. The largest absolute Gasteiger partial charge is 0.457 e. The van der Waals surface area contributed by atoms with Gasteiger partial charge in [0.15, 0.2) is 0 Å². The number of aromatic nitrogens is 2. The molecule has 2 aromatic heterocycles. The second kappa shape index (κ2) is 15.4. The molecule has 0 atom stereocenters. The molecular weight excluding hydrogens is 817 g/mol. The van der Waals surface area contributed by atoms with E-state index in [1.54, 1.807) is 16.7 Å². The van der Waals surface area contributed by atoms with E-state index in [1.807, 2.05) is 42.5 Å². The van der Waals surface area contributed by atoms with E-state index in [1.165, 1.54) is 11.1 Å². The van der Waals surface area contributed by atoms with Crippen LogP contribution >= 0.6 is 0 Å². The van der Waals surface area contributed by atoms with Crippen molar-refractivity contribution in [2.45, 2.75) is 52.4 Å². The van der Waals surface area contributed by atoms with Crippen LogP contribution in [0.1, 0.15) is 60.9 Å². The second-order valence-electron chi connectivity index (χ2n) is 19.7. The molecule has 10 bridgehead atoms. The first-order valence-electron chi connectivity index (χ1n) is 25.9. The van der Waals surface area contributed by atoms with E-state index in [-0.39, 0.29) is 57.0 Å². The molecule has 4 heterocycles. The van der Waals surface area contributed by atoms with Gasteiger partial charge < -0.3 is 14.5 Å². The Balaban J connectivity index is 1.19. The Kier molecular flexibility index (Phi) is 7.90. The van der Waals surface area contributed by atoms with Crippen LogP contribution < -0.4 is 14.5 Å². The summed E-state index contributed by atoms with van der Waals surface area (Å²) in [7, 11) is 0. The van der Waals surface area contributed by atoms with Crippen LogP contribution in [0.15, 0.2) is 194 Å². The molecule has 5 nitrogen and oxygen atoms in total. The van der Waals surface area contributed by atoms with Gasteiger partial charge in [-0.3, -0.25) is 4.57 Å². The first-order valence-corrected chi connectivity index (χ1v) is 22.9. The van der Waals surface area contributed by atoms with E-state index in [0.29, 0.717) is 29.4 Å². The van der Waals surface area contributed by atoms with Crippen LogP contribution in [0.4, 0.5) is 22.7 Å². The Bertz CT molecular complexity index is 3940. The standard InChI is InChI=1S/C62H52N4O/c1-61(2,3)43-20-14-18-41(34-43)52-35-44(62(4,5)6)36-53-49-24-8-7-23-48(49)40-17-13-19-42(33-40)54-26-16-30-59(63-54)66-55-27-10-9-25-50(55)51-32-31-47(38-58(51)66)67-46-22-15-21-45(37-46)64-39-65(60(52)53)57-29-12-11-28-56(57)64/h7-38H,39H2,1-6H3/i9D,10D,25D,27D,31D,32D. The number of para-hydroxylation sites is 3. The van der Waals surface area contributed by atoms with E-state index in [2.05, 4.69) is 154 Å². The van der Waals surface area contributed by atoms with Crippen molar-refractivity contribution in [2.75, 3.05) is 16.5 Å². The smallest absolute Gasteiger partial charge is 0.138 e. The van der Waals surface area contributed by atoms with Crippen LogP contribution in [0.25, 0.3) is 72.3 Å². The molecule has 5 heteroatoms. The van der Waals surface area contributed by atoms with Crippen molar-refractivity contribution in [3.8, 4) is 62.0 Å². The average Bonchev–Trinajstić information content (AvgIpc) is 3.95. The molecular formula is C62H52N4O. The fourth-order valence-corrected chi connectivity index (χ4v) is 9.78. The molecule has 2 aliphatic heterocycles. The van der Waals surface area contributed by atoms with Gasteiger partial charge in [0.2, 0.25) is 0 Å². The molecule has 10 aromatic rings. The molecule has 0 radical (unpaired) electrons. The molecule has 0 spiro atoms. The predicted octanol–water partition coefficient (Wildman–Crippen LogP) is 16.8. The van der Waals surface area contributed by atoms with Crippen molar-refractivity contribution in [1.29, 1.82) is 0 Å². The second-order valence-corrected chi connectivity index (χ2v) is 19.7. The van der Waals surface area contributed by atoms with E-state index in [0.717, 1.165) is 61.7 Å². The van der Waals surface area contributed by atoms with Crippen LogP contribution in [0.2, 0.25) is 0 Å². The molecule has 0 unspecified atom stereocenters. The number of ether oxygens (including phenoxy) is 1. The fraction of sp³-hybridized carbons (Fsp3) is 0.145. The zero-order valence-electron chi connectivity index (χ0n) is 44.4. The Hall–Kier alpha value is -7.89. The van der Waals surface area contributed by atoms with Crippen LogP contribution in [-0.2, 0) is 10.8 Å². The summed E-state index contributed by atoms with van der Waals surface area (Å²) in [4.78, 5) is 9.98. The van der Waals surface area contributed by atoms with Gasteiger partial charge in [-0.1, -0.05) is 151 Å². The van der Waals surface area contributed by atoms with Crippen LogP contribution in [0.3, 0.4) is 0 Å². The Labute approximate surface area is 401 Å². The third kappa shape index (κ3) is 6.96. The molecule has 0 saturated carbocycles.